The van der Waals surface area contributed by atoms with Crippen LogP contribution in [0.3, 0.4) is 0 Å². The molecule has 3 aromatic rings. The van der Waals surface area contributed by atoms with Crippen LogP contribution in [0.25, 0.3) is 11.1 Å². The quantitative estimate of drug-likeness (QED) is 0.235. The van der Waals surface area contributed by atoms with Gasteiger partial charge in [-0.05, 0) is 107 Å². The van der Waals surface area contributed by atoms with E-state index in [2.05, 4.69) is 64.7 Å². The topological polar surface area (TPSA) is 55.8 Å². The first kappa shape index (κ1) is 27.7. The molecule has 39 heavy (non-hydrogen) atoms. The molecule has 3 aromatic carbocycles. The van der Waals surface area contributed by atoms with E-state index in [-0.39, 0.29) is 12.3 Å². The average molecular weight is 545 g/mol. The Balaban J connectivity index is 1.41. The monoisotopic (exact) mass is 544 g/mol. The van der Waals surface area contributed by atoms with Gasteiger partial charge in [0, 0.05) is 0 Å². The highest BCUT2D eigenvalue weighted by Crippen LogP contribution is 2.46. The lowest BCUT2D eigenvalue weighted by atomic mass is 9.76. The summed E-state index contributed by atoms with van der Waals surface area (Å²) in [5.41, 5.74) is 6.31. The number of carboxylic acid groups (broad SMARTS) is 1. The third-order valence-electron chi connectivity index (χ3n) is 8.98. The highest BCUT2D eigenvalue weighted by atomic mass is 31.0. The van der Waals surface area contributed by atoms with Crippen molar-refractivity contribution in [3.8, 4) is 22.6 Å². The minimum atomic E-state index is -0.724. The minimum absolute atomic E-state index is 0.0916. The lowest BCUT2D eigenvalue weighted by Crippen LogP contribution is -2.19. The fourth-order valence-electron chi connectivity index (χ4n) is 6.47. The first-order chi connectivity index (χ1) is 18.9. The lowest BCUT2D eigenvalue weighted by molar-refractivity contribution is -0.137. The minimum Gasteiger partial charge on any atom is -0.497 e. The van der Waals surface area contributed by atoms with E-state index in [1.807, 2.05) is 12.1 Å². The lowest BCUT2D eigenvalue weighted by Gasteiger charge is -2.29. The summed E-state index contributed by atoms with van der Waals surface area (Å²) in [6.07, 6.45) is 9.87. The van der Waals surface area contributed by atoms with E-state index in [9.17, 15) is 9.90 Å². The predicted octanol–water partition coefficient (Wildman–Crippen LogP) is 7.92. The van der Waals surface area contributed by atoms with Crippen LogP contribution in [-0.4, -0.2) is 18.2 Å². The molecule has 0 aromatic heterocycles. The molecule has 2 saturated carbocycles. The number of hydrogen-bond acceptors (Lipinski definition) is 3. The summed E-state index contributed by atoms with van der Waals surface area (Å²) in [4.78, 5) is 11.5. The SMILES string of the molecule is CCC1(Cc2cc(OCc3cccc(C(CC(=O)O)C4CC4)c3)ccc2-c2cc(OC)ccc2P)CCCC1. The summed E-state index contributed by atoms with van der Waals surface area (Å²) in [5, 5.41) is 10.6. The number of benzene rings is 3. The molecule has 0 spiro atoms. The predicted molar refractivity (Wildman–Crippen MR) is 161 cm³/mol. The van der Waals surface area contributed by atoms with Gasteiger partial charge in [0.25, 0.3) is 0 Å². The Bertz CT molecular complexity index is 1310. The van der Waals surface area contributed by atoms with Crippen molar-refractivity contribution >= 4 is 20.5 Å². The van der Waals surface area contributed by atoms with E-state index >= 15 is 0 Å². The Morgan fingerprint density at radius 1 is 1.03 bits per heavy atom. The van der Waals surface area contributed by atoms with Crippen molar-refractivity contribution in [1.29, 1.82) is 0 Å². The molecule has 2 fully saturated rings. The molecule has 5 rings (SSSR count). The molecule has 2 aliphatic rings. The van der Waals surface area contributed by atoms with Crippen LogP contribution in [0.4, 0.5) is 0 Å². The van der Waals surface area contributed by atoms with Gasteiger partial charge in [-0.2, -0.15) is 0 Å². The number of rotatable bonds is 12. The largest absolute Gasteiger partial charge is 0.497 e. The van der Waals surface area contributed by atoms with Gasteiger partial charge in [-0.15, -0.1) is 9.24 Å². The molecular weight excluding hydrogens is 503 g/mol. The van der Waals surface area contributed by atoms with Gasteiger partial charge in [-0.25, -0.2) is 0 Å². The number of carbonyl (C=O) groups is 1. The summed E-state index contributed by atoms with van der Waals surface area (Å²) in [6, 6.07) is 21.1. The molecule has 2 atom stereocenters. The molecule has 0 aliphatic heterocycles. The Labute approximate surface area is 235 Å². The van der Waals surface area contributed by atoms with Crippen LogP contribution in [0.1, 0.15) is 80.9 Å². The van der Waals surface area contributed by atoms with Crippen LogP contribution < -0.4 is 14.8 Å². The van der Waals surface area contributed by atoms with Gasteiger partial charge >= 0.3 is 5.97 Å². The van der Waals surface area contributed by atoms with Crippen LogP contribution in [0.5, 0.6) is 11.5 Å². The normalized spacial score (nSPS) is 17.1. The third kappa shape index (κ3) is 6.67. The van der Waals surface area contributed by atoms with Gasteiger partial charge in [0.2, 0.25) is 0 Å². The summed E-state index contributed by atoms with van der Waals surface area (Å²) in [6.45, 7) is 2.80. The third-order valence-corrected chi connectivity index (χ3v) is 9.48. The van der Waals surface area contributed by atoms with Crippen molar-refractivity contribution < 1.29 is 19.4 Å². The van der Waals surface area contributed by atoms with E-state index in [1.165, 1.54) is 48.8 Å². The zero-order valence-electron chi connectivity index (χ0n) is 23.2. The maximum absolute atomic E-state index is 11.5. The van der Waals surface area contributed by atoms with E-state index in [1.54, 1.807) is 7.11 Å². The van der Waals surface area contributed by atoms with Crippen molar-refractivity contribution in [2.75, 3.05) is 7.11 Å². The van der Waals surface area contributed by atoms with Gasteiger partial charge in [-0.1, -0.05) is 62.6 Å². The number of hydrogen-bond donors (Lipinski definition) is 1. The standard InChI is InChI=1S/C34H41O4P/c1-3-34(15-4-5-16-34)21-26-18-28(11-13-29(26)31-19-27(37-2)12-14-32(31)39)38-22-23-7-6-8-25(17-23)30(20-33(35)36)24-9-10-24/h6-8,11-14,17-19,24,30H,3-5,9-10,15-16,20-22,39H2,1-2H3,(H,35,36). The van der Waals surface area contributed by atoms with Gasteiger partial charge in [0.15, 0.2) is 0 Å². The Kier molecular flexibility index (Phi) is 8.62. The zero-order chi connectivity index (χ0) is 27.4. The average Bonchev–Trinajstić information content (AvgIpc) is 3.69. The summed E-state index contributed by atoms with van der Waals surface area (Å²) in [5.74, 6) is 1.60. The van der Waals surface area contributed by atoms with Crippen LogP contribution in [-0.2, 0) is 17.8 Å². The molecule has 1 N–H and O–H groups in total. The molecule has 206 valence electrons. The maximum atomic E-state index is 11.5. The van der Waals surface area contributed by atoms with Crippen LogP contribution >= 0.6 is 9.24 Å². The summed E-state index contributed by atoms with van der Waals surface area (Å²) >= 11 is 0. The second-order valence-electron chi connectivity index (χ2n) is 11.6. The molecule has 0 heterocycles. The Hall–Kier alpha value is -2.84. The highest BCUT2D eigenvalue weighted by molar-refractivity contribution is 7.28. The molecule has 0 amide bonds. The number of aliphatic carboxylic acids is 1. The number of carboxylic acids is 1. The van der Waals surface area contributed by atoms with Crippen molar-refractivity contribution in [3.05, 3.63) is 77.4 Å². The van der Waals surface area contributed by atoms with E-state index in [0.717, 1.165) is 47.2 Å². The first-order valence-electron chi connectivity index (χ1n) is 14.4. The van der Waals surface area contributed by atoms with Crippen molar-refractivity contribution in [1.82, 2.24) is 0 Å². The molecule has 4 nitrogen and oxygen atoms in total. The van der Waals surface area contributed by atoms with Gasteiger partial charge in [0.05, 0.1) is 13.5 Å². The van der Waals surface area contributed by atoms with Crippen molar-refractivity contribution in [2.24, 2.45) is 11.3 Å². The van der Waals surface area contributed by atoms with Gasteiger partial charge < -0.3 is 14.6 Å². The molecule has 0 saturated heterocycles. The molecule has 0 radical (unpaired) electrons. The molecule has 5 heteroatoms. The van der Waals surface area contributed by atoms with Crippen LogP contribution in [0.15, 0.2) is 60.7 Å². The van der Waals surface area contributed by atoms with Crippen LogP contribution in [0, 0.1) is 11.3 Å². The van der Waals surface area contributed by atoms with Crippen LogP contribution in [0.2, 0.25) is 0 Å². The van der Waals surface area contributed by atoms with E-state index in [0.29, 0.717) is 17.9 Å². The van der Waals surface area contributed by atoms with Crippen molar-refractivity contribution in [3.63, 3.8) is 0 Å². The molecule has 2 aliphatic carbocycles. The molecule has 2 unspecified atom stereocenters. The molecule has 0 bridgehead atoms. The Morgan fingerprint density at radius 3 is 2.49 bits per heavy atom. The number of methoxy groups -OCH3 is 1. The summed E-state index contributed by atoms with van der Waals surface area (Å²) in [7, 11) is 4.60. The van der Waals surface area contributed by atoms with E-state index in [4.69, 9.17) is 9.47 Å². The van der Waals surface area contributed by atoms with Gasteiger partial charge in [-0.3, -0.25) is 4.79 Å². The zero-order valence-corrected chi connectivity index (χ0v) is 24.4. The second-order valence-corrected chi connectivity index (χ2v) is 12.2. The second kappa shape index (κ2) is 12.1. The number of ether oxygens (including phenoxy) is 2. The smallest absolute Gasteiger partial charge is 0.303 e. The fourth-order valence-corrected chi connectivity index (χ4v) is 6.81. The fraction of sp³-hybridized carbons (Fsp3) is 0.441. The highest BCUT2D eigenvalue weighted by Gasteiger charge is 2.34. The van der Waals surface area contributed by atoms with Crippen molar-refractivity contribution in [2.45, 2.75) is 77.2 Å². The van der Waals surface area contributed by atoms with Gasteiger partial charge in [0.1, 0.15) is 18.1 Å². The Morgan fingerprint density at radius 2 is 1.79 bits per heavy atom. The summed E-state index contributed by atoms with van der Waals surface area (Å²) < 4.78 is 11.9. The molecular formula is C34H41O4P. The van der Waals surface area contributed by atoms with E-state index < -0.39 is 5.97 Å². The maximum Gasteiger partial charge on any atom is 0.303 e. The first-order valence-corrected chi connectivity index (χ1v) is 15.0.